The second-order valence-corrected chi connectivity index (χ2v) is 7.69. The number of amides is 2. The molecule has 1 aliphatic rings. The van der Waals surface area contributed by atoms with Gasteiger partial charge in [0, 0.05) is 29.2 Å². The summed E-state index contributed by atoms with van der Waals surface area (Å²) in [5.41, 5.74) is 2.78. The van der Waals surface area contributed by atoms with E-state index in [2.05, 4.69) is 15.3 Å². The summed E-state index contributed by atoms with van der Waals surface area (Å²) in [4.78, 5) is 34.2. The van der Waals surface area contributed by atoms with Gasteiger partial charge in [-0.25, -0.2) is 9.78 Å². The van der Waals surface area contributed by atoms with Crippen LogP contribution in [0.5, 0.6) is 0 Å². The zero-order valence-electron chi connectivity index (χ0n) is 17.3. The van der Waals surface area contributed by atoms with Gasteiger partial charge in [-0.1, -0.05) is 30.3 Å². The predicted molar refractivity (Wildman–Crippen MR) is 119 cm³/mol. The van der Waals surface area contributed by atoms with E-state index >= 15 is 0 Å². The van der Waals surface area contributed by atoms with Gasteiger partial charge in [0.1, 0.15) is 12.6 Å². The maximum atomic E-state index is 12.8. The number of fused-ring (bicyclic) bond motifs is 1. The Labute approximate surface area is 184 Å². The van der Waals surface area contributed by atoms with Gasteiger partial charge in [-0.3, -0.25) is 15.0 Å². The summed E-state index contributed by atoms with van der Waals surface area (Å²) >= 11 is 0. The molecule has 5 rings (SSSR count). The third kappa shape index (κ3) is 4.07. The monoisotopic (exact) mass is 430 g/mol. The van der Waals surface area contributed by atoms with E-state index in [-0.39, 0.29) is 18.5 Å². The third-order valence-electron chi connectivity index (χ3n) is 5.57. The first kappa shape index (κ1) is 19.9. The van der Waals surface area contributed by atoms with E-state index in [1.54, 1.807) is 6.20 Å². The second-order valence-electron chi connectivity index (χ2n) is 7.69. The maximum absolute atomic E-state index is 12.8. The number of rotatable bonds is 5. The molecule has 32 heavy (non-hydrogen) atoms. The average molecular weight is 430 g/mol. The molecule has 2 aromatic carbocycles. The van der Waals surface area contributed by atoms with E-state index in [9.17, 15) is 9.59 Å². The number of carbonyl (C=O) groups excluding carboxylic acids is 2. The second kappa shape index (κ2) is 8.58. The van der Waals surface area contributed by atoms with Crippen molar-refractivity contribution in [1.29, 1.82) is 0 Å². The van der Waals surface area contributed by atoms with Gasteiger partial charge in [0.05, 0.1) is 6.20 Å². The van der Waals surface area contributed by atoms with Crippen LogP contribution in [0.4, 0.5) is 10.8 Å². The van der Waals surface area contributed by atoms with Gasteiger partial charge in [0.25, 0.3) is 5.91 Å². The average Bonchev–Trinajstić information content (AvgIpc) is 3.58. The number of anilines is 1. The molecule has 0 unspecified atom stereocenters. The topological polar surface area (TPSA) is 100 Å². The number of nitrogens with zero attached hydrogens (tertiary/aromatic N) is 2. The Morgan fingerprint density at radius 3 is 2.94 bits per heavy atom. The fourth-order valence-electron chi connectivity index (χ4n) is 3.92. The standard InChI is InChI=1S/C24H22N4O4/c29-22(20-7-4-12-28(20)24(30)31-15-16-5-2-1-3-6-16)27-23-26-14-21(32-23)18-8-9-19-17(13-18)10-11-25-19/h1-3,5-6,8-11,13-14,20,25H,4,7,12,15H2,(H,26,27,29)/t20-/m0/s1. The molecule has 1 fully saturated rings. The van der Waals surface area contributed by atoms with Gasteiger partial charge in [0.2, 0.25) is 0 Å². The van der Waals surface area contributed by atoms with Crippen molar-refractivity contribution in [3.63, 3.8) is 0 Å². The van der Waals surface area contributed by atoms with Crippen LogP contribution in [0.15, 0.2) is 71.4 Å². The highest BCUT2D eigenvalue weighted by molar-refractivity contribution is 5.95. The van der Waals surface area contributed by atoms with E-state index in [1.807, 2.05) is 60.8 Å². The molecule has 0 aliphatic carbocycles. The van der Waals surface area contributed by atoms with Gasteiger partial charge in [-0.05, 0) is 42.7 Å². The molecule has 8 nitrogen and oxygen atoms in total. The third-order valence-corrected chi connectivity index (χ3v) is 5.57. The first-order valence-corrected chi connectivity index (χ1v) is 10.5. The van der Waals surface area contributed by atoms with Crippen molar-refractivity contribution < 1.29 is 18.7 Å². The maximum Gasteiger partial charge on any atom is 0.410 e. The summed E-state index contributed by atoms with van der Waals surface area (Å²) in [6.45, 7) is 0.637. The van der Waals surface area contributed by atoms with Crippen LogP contribution < -0.4 is 5.32 Å². The quantitative estimate of drug-likeness (QED) is 0.483. The first-order valence-electron chi connectivity index (χ1n) is 10.5. The first-order chi connectivity index (χ1) is 15.7. The van der Waals surface area contributed by atoms with Gasteiger partial charge < -0.3 is 14.1 Å². The molecule has 3 heterocycles. The number of hydrogen-bond donors (Lipinski definition) is 2. The number of likely N-dealkylation sites (tertiary alicyclic amines) is 1. The van der Waals surface area contributed by atoms with Crippen molar-refractivity contribution in [3.05, 3.63) is 72.6 Å². The lowest BCUT2D eigenvalue weighted by Gasteiger charge is -2.22. The van der Waals surface area contributed by atoms with Gasteiger partial charge in [0.15, 0.2) is 5.76 Å². The Bertz CT molecular complexity index is 1250. The SMILES string of the molecule is O=C(Nc1ncc(-c2ccc3[nH]ccc3c2)o1)[C@@H]1CCCN1C(=O)OCc1ccccc1. The molecule has 0 spiro atoms. The van der Waals surface area contributed by atoms with E-state index < -0.39 is 12.1 Å². The summed E-state index contributed by atoms with van der Waals surface area (Å²) in [7, 11) is 0. The fraction of sp³-hybridized carbons (Fsp3) is 0.208. The van der Waals surface area contributed by atoms with Crippen molar-refractivity contribution >= 4 is 28.9 Å². The number of benzene rings is 2. The molecule has 0 bridgehead atoms. The summed E-state index contributed by atoms with van der Waals surface area (Å²) < 4.78 is 11.1. The number of H-pyrrole nitrogens is 1. The Morgan fingerprint density at radius 2 is 2.06 bits per heavy atom. The van der Waals surface area contributed by atoms with Gasteiger partial charge in [-0.15, -0.1) is 0 Å². The largest absolute Gasteiger partial charge is 0.445 e. The lowest BCUT2D eigenvalue weighted by Crippen LogP contribution is -2.43. The van der Waals surface area contributed by atoms with E-state index in [0.717, 1.165) is 28.5 Å². The van der Waals surface area contributed by atoms with Crippen LogP contribution in [0.25, 0.3) is 22.2 Å². The molecule has 0 saturated carbocycles. The molecule has 162 valence electrons. The van der Waals surface area contributed by atoms with Crippen LogP contribution in [-0.4, -0.2) is 39.5 Å². The number of hydrogen-bond acceptors (Lipinski definition) is 5. The number of oxazole rings is 1. The number of carbonyl (C=O) groups is 2. The van der Waals surface area contributed by atoms with Crippen LogP contribution in [0.1, 0.15) is 18.4 Å². The highest BCUT2D eigenvalue weighted by atomic mass is 16.6. The van der Waals surface area contributed by atoms with Crippen molar-refractivity contribution in [2.45, 2.75) is 25.5 Å². The number of ether oxygens (including phenoxy) is 1. The number of aromatic nitrogens is 2. The molecule has 1 saturated heterocycles. The number of aromatic amines is 1. The minimum Gasteiger partial charge on any atom is -0.445 e. The van der Waals surface area contributed by atoms with E-state index in [0.29, 0.717) is 18.7 Å². The zero-order valence-corrected chi connectivity index (χ0v) is 17.3. The summed E-state index contributed by atoms with van der Waals surface area (Å²) in [5, 5.41) is 3.75. The molecule has 2 aromatic heterocycles. The van der Waals surface area contributed by atoms with Crippen LogP contribution in [0, 0.1) is 0 Å². The Morgan fingerprint density at radius 1 is 1.19 bits per heavy atom. The number of nitrogens with one attached hydrogen (secondary N) is 2. The molecule has 1 aliphatic heterocycles. The van der Waals surface area contributed by atoms with E-state index in [4.69, 9.17) is 9.15 Å². The Kier molecular flexibility index (Phi) is 5.33. The van der Waals surface area contributed by atoms with Crippen molar-refractivity contribution in [3.8, 4) is 11.3 Å². The molecule has 0 radical (unpaired) electrons. The molecule has 2 amide bonds. The van der Waals surface area contributed by atoms with Crippen LogP contribution in [0.3, 0.4) is 0 Å². The van der Waals surface area contributed by atoms with Gasteiger partial charge in [-0.2, -0.15) is 0 Å². The van der Waals surface area contributed by atoms with Crippen LogP contribution in [0.2, 0.25) is 0 Å². The molecule has 2 N–H and O–H groups in total. The van der Waals surface area contributed by atoms with Crippen LogP contribution >= 0.6 is 0 Å². The molecule has 8 heteroatoms. The fourth-order valence-corrected chi connectivity index (χ4v) is 3.92. The summed E-state index contributed by atoms with van der Waals surface area (Å²) in [6.07, 6.45) is 4.23. The zero-order chi connectivity index (χ0) is 21.9. The summed E-state index contributed by atoms with van der Waals surface area (Å²) in [5.74, 6) is 0.211. The Hall–Kier alpha value is -4.07. The minimum absolute atomic E-state index is 0.101. The lowest BCUT2D eigenvalue weighted by atomic mass is 10.1. The molecular formula is C24H22N4O4. The minimum atomic E-state index is -0.621. The smallest absolute Gasteiger partial charge is 0.410 e. The van der Waals surface area contributed by atoms with E-state index in [1.165, 1.54) is 4.90 Å². The summed E-state index contributed by atoms with van der Waals surface area (Å²) in [6, 6.07) is 16.8. The lowest BCUT2D eigenvalue weighted by molar-refractivity contribution is -0.120. The molecule has 1 atom stereocenters. The molecule has 4 aromatic rings. The Balaban J connectivity index is 1.22. The highest BCUT2D eigenvalue weighted by Gasteiger charge is 2.35. The highest BCUT2D eigenvalue weighted by Crippen LogP contribution is 2.27. The van der Waals surface area contributed by atoms with Gasteiger partial charge >= 0.3 is 12.1 Å². The molecular weight excluding hydrogens is 408 g/mol. The predicted octanol–water partition coefficient (Wildman–Crippen LogP) is 4.56. The normalized spacial score (nSPS) is 15.8. The van der Waals surface area contributed by atoms with Crippen molar-refractivity contribution in [1.82, 2.24) is 14.9 Å². The van der Waals surface area contributed by atoms with Crippen LogP contribution in [-0.2, 0) is 16.1 Å². The van der Waals surface area contributed by atoms with Crippen molar-refractivity contribution in [2.24, 2.45) is 0 Å². The van der Waals surface area contributed by atoms with Crippen molar-refractivity contribution in [2.75, 3.05) is 11.9 Å².